The Kier molecular flexibility index (Phi) is 6.06. The number of ether oxygens (including phenoxy) is 1. The van der Waals surface area contributed by atoms with E-state index in [1.54, 1.807) is 0 Å². The lowest BCUT2D eigenvalue weighted by molar-refractivity contribution is 0.0925. The number of anilines is 1. The standard InChI is InChI=1S/C26H30N4O2/c1-29-12-14-30(15-13-29)22-8-6-19(7-9-22)26(31)28-25-18-32-17-21(25)16-20-10-11-27-24-5-3-2-4-23(20)24/h2-11,21,25H,12-18H2,1H3,(H,28,31)/t21-,25+/m1/s1. The van der Waals surface area contributed by atoms with Gasteiger partial charge in [-0.25, -0.2) is 0 Å². The highest BCUT2D eigenvalue weighted by Gasteiger charge is 2.30. The Morgan fingerprint density at radius 3 is 2.62 bits per heavy atom. The minimum Gasteiger partial charge on any atom is -0.379 e. The van der Waals surface area contributed by atoms with E-state index in [1.807, 2.05) is 36.5 Å². The smallest absolute Gasteiger partial charge is 0.251 e. The number of benzene rings is 2. The van der Waals surface area contributed by atoms with Crippen molar-refractivity contribution >= 4 is 22.5 Å². The van der Waals surface area contributed by atoms with Crippen LogP contribution in [0.25, 0.3) is 10.9 Å². The van der Waals surface area contributed by atoms with Gasteiger partial charge < -0.3 is 19.9 Å². The molecule has 2 atom stereocenters. The third-order valence-corrected chi connectivity index (χ3v) is 6.73. The Morgan fingerprint density at radius 1 is 1.03 bits per heavy atom. The second-order valence-corrected chi connectivity index (χ2v) is 8.91. The summed E-state index contributed by atoms with van der Waals surface area (Å²) >= 11 is 0. The summed E-state index contributed by atoms with van der Waals surface area (Å²) in [4.78, 5) is 22.1. The molecule has 2 aromatic carbocycles. The quantitative estimate of drug-likeness (QED) is 0.675. The third kappa shape index (κ3) is 4.47. The molecule has 0 bridgehead atoms. The predicted molar refractivity (Wildman–Crippen MR) is 127 cm³/mol. The van der Waals surface area contributed by atoms with Crippen molar-refractivity contribution in [2.45, 2.75) is 12.5 Å². The van der Waals surface area contributed by atoms with Crippen molar-refractivity contribution in [2.75, 3.05) is 51.3 Å². The fourth-order valence-corrected chi connectivity index (χ4v) is 4.71. The molecule has 6 heteroatoms. The normalized spacial score (nSPS) is 21.7. The summed E-state index contributed by atoms with van der Waals surface area (Å²) in [5.41, 5.74) is 4.14. The number of piperazine rings is 1. The Labute approximate surface area is 189 Å². The van der Waals surface area contributed by atoms with E-state index in [0.29, 0.717) is 18.8 Å². The van der Waals surface area contributed by atoms with Gasteiger partial charge in [0, 0.05) is 54.9 Å². The third-order valence-electron chi connectivity index (χ3n) is 6.73. The first-order chi connectivity index (χ1) is 15.7. The molecule has 5 rings (SSSR count). The van der Waals surface area contributed by atoms with Gasteiger partial charge in [-0.3, -0.25) is 9.78 Å². The van der Waals surface area contributed by atoms with Crippen LogP contribution in [0.15, 0.2) is 60.8 Å². The van der Waals surface area contributed by atoms with Crippen molar-refractivity contribution in [1.29, 1.82) is 0 Å². The van der Waals surface area contributed by atoms with E-state index in [1.165, 1.54) is 16.6 Å². The second-order valence-electron chi connectivity index (χ2n) is 8.91. The van der Waals surface area contributed by atoms with E-state index in [0.717, 1.165) is 38.1 Å². The molecule has 1 N–H and O–H groups in total. The average molecular weight is 431 g/mol. The monoisotopic (exact) mass is 430 g/mol. The second kappa shape index (κ2) is 9.27. The van der Waals surface area contributed by atoms with Gasteiger partial charge in [0.05, 0.1) is 24.8 Å². The van der Waals surface area contributed by atoms with Crippen LogP contribution in [0.4, 0.5) is 5.69 Å². The number of carbonyl (C=O) groups excluding carboxylic acids is 1. The molecule has 2 saturated heterocycles. The fourth-order valence-electron chi connectivity index (χ4n) is 4.71. The molecule has 3 heterocycles. The lowest BCUT2D eigenvalue weighted by Gasteiger charge is -2.34. The Balaban J connectivity index is 1.23. The first kappa shape index (κ1) is 20.9. The summed E-state index contributed by atoms with van der Waals surface area (Å²) in [6.45, 7) is 5.39. The van der Waals surface area contributed by atoms with Crippen LogP contribution >= 0.6 is 0 Å². The maximum absolute atomic E-state index is 12.9. The van der Waals surface area contributed by atoms with Crippen molar-refractivity contribution < 1.29 is 9.53 Å². The van der Waals surface area contributed by atoms with E-state index in [2.05, 4.69) is 51.4 Å². The van der Waals surface area contributed by atoms with Gasteiger partial charge in [-0.1, -0.05) is 18.2 Å². The number of hydrogen-bond acceptors (Lipinski definition) is 5. The summed E-state index contributed by atoms with van der Waals surface area (Å²) < 4.78 is 5.76. The number of amides is 1. The summed E-state index contributed by atoms with van der Waals surface area (Å²) in [5.74, 6) is 0.212. The number of hydrogen-bond donors (Lipinski definition) is 1. The molecule has 0 unspecified atom stereocenters. The zero-order chi connectivity index (χ0) is 21.9. The molecule has 1 amide bonds. The maximum atomic E-state index is 12.9. The SMILES string of the molecule is CN1CCN(c2ccc(C(=O)N[C@H]3COC[C@H]3Cc3ccnc4ccccc34)cc2)CC1. The molecule has 0 saturated carbocycles. The van der Waals surface area contributed by atoms with Crippen LogP contribution in [-0.4, -0.2) is 68.3 Å². The lowest BCUT2D eigenvalue weighted by atomic mass is 9.93. The largest absolute Gasteiger partial charge is 0.379 e. The van der Waals surface area contributed by atoms with Crippen molar-refractivity contribution in [3.8, 4) is 0 Å². The molecule has 2 aliphatic heterocycles. The Morgan fingerprint density at radius 2 is 1.81 bits per heavy atom. The Bertz CT molecular complexity index is 1070. The zero-order valence-corrected chi connectivity index (χ0v) is 18.5. The maximum Gasteiger partial charge on any atom is 0.251 e. The molecule has 0 aliphatic carbocycles. The Hall–Kier alpha value is -2.96. The molecule has 3 aromatic rings. The van der Waals surface area contributed by atoms with Gasteiger partial charge in [-0.15, -0.1) is 0 Å². The van der Waals surface area contributed by atoms with Crippen molar-refractivity contribution in [3.63, 3.8) is 0 Å². The van der Waals surface area contributed by atoms with Gasteiger partial charge in [0.25, 0.3) is 5.91 Å². The van der Waals surface area contributed by atoms with Gasteiger partial charge in [0.15, 0.2) is 0 Å². The van der Waals surface area contributed by atoms with Crippen LogP contribution in [0.1, 0.15) is 15.9 Å². The van der Waals surface area contributed by atoms with Gasteiger partial charge in [0.1, 0.15) is 0 Å². The number of likely N-dealkylation sites (N-methyl/N-ethyl adjacent to an activating group) is 1. The molecule has 2 aliphatic rings. The number of para-hydroxylation sites is 1. The van der Waals surface area contributed by atoms with Crippen LogP contribution in [0.2, 0.25) is 0 Å². The number of nitrogens with zero attached hydrogens (tertiary/aromatic N) is 3. The minimum atomic E-state index is -0.0324. The number of rotatable bonds is 5. The van der Waals surface area contributed by atoms with Gasteiger partial charge in [-0.2, -0.15) is 0 Å². The number of carbonyl (C=O) groups is 1. The van der Waals surface area contributed by atoms with Crippen LogP contribution in [0.5, 0.6) is 0 Å². The molecule has 1 aromatic heterocycles. The minimum absolute atomic E-state index is 0.00624. The highest BCUT2D eigenvalue weighted by molar-refractivity contribution is 5.94. The molecule has 0 radical (unpaired) electrons. The topological polar surface area (TPSA) is 57.7 Å². The number of aromatic nitrogens is 1. The van der Waals surface area contributed by atoms with Crippen LogP contribution in [-0.2, 0) is 11.2 Å². The van der Waals surface area contributed by atoms with Crippen LogP contribution in [0.3, 0.4) is 0 Å². The highest BCUT2D eigenvalue weighted by Crippen LogP contribution is 2.24. The summed E-state index contributed by atoms with van der Waals surface area (Å²) in [6.07, 6.45) is 2.72. The molecule has 32 heavy (non-hydrogen) atoms. The van der Waals surface area contributed by atoms with E-state index < -0.39 is 0 Å². The highest BCUT2D eigenvalue weighted by atomic mass is 16.5. The first-order valence-corrected chi connectivity index (χ1v) is 11.4. The van der Waals surface area contributed by atoms with Crippen LogP contribution < -0.4 is 10.2 Å². The summed E-state index contributed by atoms with van der Waals surface area (Å²) in [6, 6.07) is 18.3. The van der Waals surface area contributed by atoms with E-state index in [-0.39, 0.29) is 17.9 Å². The number of nitrogens with one attached hydrogen (secondary N) is 1. The molecular formula is C26H30N4O2. The number of pyridine rings is 1. The molecule has 6 nitrogen and oxygen atoms in total. The van der Waals surface area contributed by atoms with Crippen LogP contribution in [0, 0.1) is 5.92 Å². The van der Waals surface area contributed by atoms with Crippen molar-refractivity contribution in [2.24, 2.45) is 5.92 Å². The van der Waals surface area contributed by atoms with E-state index >= 15 is 0 Å². The molecule has 2 fully saturated rings. The lowest BCUT2D eigenvalue weighted by Crippen LogP contribution is -2.44. The van der Waals surface area contributed by atoms with Gasteiger partial charge in [0.2, 0.25) is 0 Å². The first-order valence-electron chi connectivity index (χ1n) is 11.4. The van der Waals surface area contributed by atoms with Crippen molar-refractivity contribution in [1.82, 2.24) is 15.2 Å². The zero-order valence-electron chi connectivity index (χ0n) is 18.5. The van der Waals surface area contributed by atoms with Crippen molar-refractivity contribution in [3.05, 3.63) is 71.9 Å². The molecule has 0 spiro atoms. The average Bonchev–Trinajstić information content (AvgIpc) is 3.26. The predicted octanol–water partition coefficient (Wildman–Crippen LogP) is 2.97. The van der Waals surface area contributed by atoms with Gasteiger partial charge >= 0.3 is 0 Å². The molecular weight excluding hydrogens is 400 g/mol. The molecule has 166 valence electrons. The summed E-state index contributed by atoms with van der Waals surface area (Å²) in [7, 11) is 2.15. The summed E-state index contributed by atoms with van der Waals surface area (Å²) in [5, 5.41) is 4.39. The fraction of sp³-hybridized carbons (Fsp3) is 0.385. The van der Waals surface area contributed by atoms with E-state index in [9.17, 15) is 4.79 Å². The number of fused-ring (bicyclic) bond motifs is 1. The van der Waals surface area contributed by atoms with E-state index in [4.69, 9.17) is 4.74 Å². The van der Waals surface area contributed by atoms with Gasteiger partial charge in [-0.05, 0) is 55.4 Å².